The minimum absolute atomic E-state index is 0.666. The van der Waals surface area contributed by atoms with Crippen molar-refractivity contribution in [1.29, 1.82) is 0 Å². The van der Waals surface area contributed by atoms with Crippen molar-refractivity contribution in [3.63, 3.8) is 0 Å². The maximum Gasteiger partial charge on any atom is -0.0286 e. The number of hydrogen-bond donors (Lipinski definition) is 0. The van der Waals surface area contributed by atoms with Crippen molar-refractivity contribution < 1.29 is 0 Å². The van der Waals surface area contributed by atoms with Gasteiger partial charge in [-0.15, -0.1) is 0 Å². The van der Waals surface area contributed by atoms with Crippen molar-refractivity contribution in [1.82, 2.24) is 0 Å². The van der Waals surface area contributed by atoms with E-state index in [4.69, 9.17) is 0 Å². The van der Waals surface area contributed by atoms with Gasteiger partial charge in [-0.2, -0.15) is 0 Å². The summed E-state index contributed by atoms with van der Waals surface area (Å²) in [5.74, 6) is 2.03. The van der Waals surface area contributed by atoms with E-state index in [9.17, 15) is 0 Å². The van der Waals surface area contributed by atoms with Crippen LogP contribution in [0.5, 0.6) is 0 Å². The zero-order valence-electron chi connectivity index (χ0n) is 6.98. The zero-order chi connectivity index (χ0) is 7.35. The smallest absolute Gasteiger partial charge is 0.0286 e. The summed E-state index contributed by atoms with van der Waals surface area (Å²) < 4.78 is 0. The summed E-state index contributed by atoms with van der Waals surface area (Å²) in [6, 6.07) is 0. The summed E-state index contributed by atoms with van der Waals surface area (Å²) in [6.07, 6.45) is 4.03. The maximum absolute atomic E-state index is 4.06. The molecule has 0 saturated heterocycles. The van der Waals surface area contributed by atoms with Crippen LogP contribution in [0.2, 0.25) is 0 Å². The van der Waals surface area contributed by atoms with Gasteiger partial charge < -0.3 is 0 Å². The monoisotopic (exact) mass is 136 g/mol. The van der Waals surface area contributed by atoms with E-state index in [-0.39, 0.29) is 0 Å². The number of allylic oxidation sites excluding steroid dienone is 1. The molecule has 2 atom stereocenters. The van der Waals surface area contributed by atoms with Crippen LogP contribution in [0.3, 0.4) is 0 Å². The predicted molar refractivity (Wildman–Crippen MR) is 43.8 cm³/mol. The van der Waals surface area contributed by atoms with Crippen LogP contribution in [0.15, 0.2) is 12.2 Å². The molecule has 2 saturated carbocycles. The van der Waals surface area contributed by atoms with E-state index in [2.05, 4.69) is 20.4 Å². The molecule has 0 heterocycles. The summed E-state index contributed by atoms with van der Waals surface area (Å²) in [4.78, 5) is 0. The first kappa shape index (κ1) is 6.45. The third-order valence-corrected chi connectivity index (χ3v) is 3.61. The van der Waals surface area contributed by atoms with Crippen LogP contribution < -0.4 is 0 Å². The van der Waals surface area contributed by atoms with E-state index in [1.54, 1.807) is 0 Å². The van der Waals surface area contributed by atoms with Crippen LogP contribution in [0.1, 0.15) is 33.1 Å². The molecule has 2 fully saturated rings. The molecule has 0 aromatic rings. The fourth-order valence-electron chi connectivity index (χ4n) is 2.61. The molecule has 0 spiro atoms. The van der Waals surface area contributed by atoms with Gasteiger partial charge in [-0.3, -0.25) is 0 Å². The zero-order valence-corrected chi connectivity index (χ0v) is 6.98. The summed E-state index contributed by atoms with van der Waals surface area (Å²) in [7, 11) is 0. The van der Waals surface area contributed by atoms with E-state index < -0.39 is 0 Å². The molecule has 2 aliphatic rings. The van der Waals surface area contributed by atoms with Crippen molar-refractivity contribution >= 4 is 0 Å². The van der Waals surface area contributed by atoms with Crippen LogP contribution in [-0.2, 0) is 0 Å². The summed E-state index contributed by atoms with van der Waals surface area (Å²) >= 11 is 0. The second-order valence-corrected chi connectivity index (χ2v) is 4.53. The van der Waals surface area contributed by atoms with Gasteiger partial charge in [0.25, 0.3) is 0 Å². The Morgan fingerprint density at radius 1 is 1.40 bits per heavy atom. The molecule has 0 aromatic carbocycles. The highest BCUT2D eigenvalue weighted by atomic mass is 14.6. The summed E-state index contributed by atoms with van der Waals surface area (Å²) in [6.45, 7) is 8.86. The first-order valence-electron chi connectivity index (χ1n) is 4.29. The number of fused-ring (bicyclic) bond motifs is 1. The SMILES string of the molecule is C=C1CCC2C(C1)C2(C)C. The normalized spacial score (nSPS) is 42.8. The third-order valence-electron chi connectivity index (χ3n) is 3.61. The number of rotatable bonds is 0. The largest absolute Gasteiger partial charge is 0.0999 e. The van der Waals surface area contributed by atoms with Gasteiger partial charge in [0.05, 0.1) is 0 Å². The Balaban J connectivity index is 2.10. The molecule has 0 N–H and O–H groups in total. The fourth-order valence-corrected chi connectivity index (χ4v) is 2.61. The van der Waals surface area contributed by atoms with Crippen LogP contribution in [0.4, 0.5) is 0 Å². The summed E-state index contributed by atoms with van der Waals surface area (Å²) in [5, 5.41) is 0. The van der Waals surface area contributed by atoms with E-state index in [0.29, 0.717) is 5.41 Å². The molecular weight excluding hydrogens is 120 g/mol. The van der Waals surface area contributed by atoms with Crippen LogP contribution >= 0.6 is 0 Å². The first-order chi connectivity index (χ1) is 4.62. The van der Waals surface area contributed by atoms with E-state index in [1.807, 2.05) is 0 Å². The lowest BCUT2D eigenvalue weighted by molar-refractivity contribution is 0.536. The fraction of sp³-hybridized carbons (Fsp3) is 0.800. The van der Waals surface area contributed by atoms with Crippen LogP contribution in [-0.4, -0.2) is 0 Å². The van der Waals surface area contributed by atoms with Gasteiger partial charge in [0, 0.05) is 0 Å². The van der Waals surface area contributed by atoms with Crippen molar-refractivity contribution in [2.75, 3.05) is 0 Å². The lowest BCUT2D eigenvalue weighted by Gasteiger charge is -2.09. The molecular formula is C10H16. The molecule has 2 rings (SSSR count). The van der Waals surface area contributed by atoms with E-state index in [0.717, 1.165) is 11.8 Å². The Hall–Kier alpha value is -0.260. The van der Waals surface area contributed by atoms with Crippen molar-refractivity contribution in [3.05, 3.63) is 12.2 Å². The molecule has 0 radical (unpaired) electrons. The molecule has 0 aliphatic heterocycles. The summed E-state index contributed by atoms with van der Waals surface area (Å²) in [5.41, 5.74) is 2.16. The van der Waals surface area contributed by atoms with Gasteiger partial charge in [0.1, 0.15) is 0 Å². The van der Waals surface area contributed by atoms with Crippen molar-refractivity contribution in [2.24, 2.45) is 17.3 Å². The molecule has 56 valence electrons. The topological polar surface area (TPSA) is 0 Å². The Bertz CT molecular complexity index is 176. The molecule has 0 aromatic heterocycles. The van der Waals surface area contributed by atoms with E-state index >= 15 is 0 Å². The Kier molecular flexibility index (Phi) is 1.07. The molecule has 0 nitrogen and oxygen atoms in total. The van der Waals surface area contributed by atoms with Gasteiger partial charge in [-0.25, -0.2) is 0 Å². The van der Waals surface area contributed by atoms with Gasteiger partial charge in [-0.05, 0) is 36.5 Å². The van der Waals surface area contributed by atoms with Gasteiger partial charge in [0.15, 0.2) is 0 Å². The molecule has 0 amide bonds. The molecule has 10 heavy (non-hydrogen) atoms. The highest BCUT2D eigenvalue weighted by Gasteiger charge is 2.57. The molecule has 2 unspecified atom stereocenters. The van der Waals surface area contributed by atoms with Gasteiger partial charge in [-0.1, -0.05) is 26.0 Å². The van der Waals surface area contributed by atoms with Gasteiger partial charge in [0.2, 0.25) is 0 Å². The van der Waals surface area contributed by atoms with E-state index in [1.165, 1.54) is 24.8 Å². The Morgan fingerprint density at radius 3 is 2.60 bits per heavy atom. The maximum atomic E-state index is 4.06. The van der Waals surface area contributed by atoms with Gasteiger partial charge >= 0.3 is 0 Å². The quantitative estimate of drug-likeness (QED) is 0.449. The highest BCUT2D eigenvalue weighted by molar-refractivity contribution is 5.16. The van der Waals surface area contributed by atoms with Crippen molar-refractivity contribution in [3.8, 4) is 0 Å². The minimum Gasteiger partial charge on any atom is -0.0999 e. The molecule has 2 aliphatic carbocycles. The first-order valence-corrected chi connectivity index (χ1v) is 4.29. The average Bonchev–Trinajstić information content (AvgIpc) is 2.36. The Labute approximate surface area is 63.3 Å². The van der Waals surface area contributed by atoms with Crippen molar-refractivity contribution in [2.45, 2.75) is 33.1 Å². The Morgan fingerprint density at radius 2 is 2.10 bits per heavy atom. The second-order valence-electron chi connectivity index (χ2n) is 4.53. The minimum atomic E-state index is 0.666. The highest BCUT2D eigenvalue weighted by Crippen LogP contribution is 2.65. The molecule has 0 heteroatoms. The standard InChI is InChI=1S/C10H16/c1-7-4-5-8-9(6-7)10(8,2)3/h8-9H,1,4-6H2,2-3H3. The lowest BCUT2D eigenvalue weighted by atomic mass is 9.97. The predicted octanol–water partition coefficient (Wildman–Crippen LogP) is 3.00. The molecule has 0 bridgehead atoms. The van der Waals surface area contributed by atoms with Crippen LogP contribution in [0.25, 0.3) is 0 Å². The number of hydrogen-bond acceptors (Lipinski definition) is 0. The average molecular weight is 136 g/mol. The lowest BCUT2D eigenvalue weighted by Crippen LogP contribution is -1.94. The van der Waals surface area contributed by atoms with Crippen LogP contribution in [0, 0.1) is 17.3 Å². The third kappa shape index (κ3) is 0.680. The second kappa shape index (κ2) is 1.66.